The van der Waals surface area contributed by atoms with Crippen LogP contribution >= 0.6 is 0 Å². The van der Waals surface area contributed by atoms with Gasteiger partial charge in [0.1, 0.15) is 0 Å². The summed E-state index contributed by atoms with van der Waals surface area (Å²) in [7, 11) is -3.85. The molecule has 1 aromatic carbocycles. The van der Waals surface area contributed by atoms with Gasteiger partial charge >= 0.3 is 5.97 Å². The molecule has 116 valence electrons. The zero-order valence-electron chi connectivity index (χ0n) is 11.4. The zero-order chi connectivity index (χ0) is 16.0. The van der Waals surface area contributed by atoms with Gasteiger partial charge < -0.3 is 5.11 Å². The standard InChI is InChI=1S/C12H16N2O6S/c1-9(5-6-12(15)16)8-13-21(19,20)11-4-2-3-10(7-11)14(17)18/h2-4,7,9,13H,5-6,8H2,1H3,(H,15,16). The Kier molecular flexibility index (Phi) is 5.79. The fourth-order valence-electron chi connectivity index (χ4n) is 1.57. The van der Waals surface area contributed by atoms with Gasteiger partial charge in [-0.1, -0.05) is 13.0 Å². The van der Waals surface area contributed by atoms with Gasteiger partial charge in [0.25, 0.3) is 5.69 Å². The number of hydrogen-bond acceptors (Lipinski definition) is 5. The third-order valence-electron chi connectivity index (χ3n) is 2.81. The van der Waals surface area contributed by atoms with E-state index in [-0.39, 0.29) is 29.5 Å². The molecule has 1 rings (SSSR count). The molecule has 9 heteroatoms. The van der Waals surface area contributed by atoms with Crippen molar-refractivity contribution in [2.75, 3.05) is 6.54 Å². The van der Waals surface area contributed by atoms with Crippen LogP contribution in [0, 0.1) is 16.0 Å². The number of benzene rings is 1. The molecule has 0 aliphatic carbocycles. The molecular weight excluding hydrogens is 300 g/mol. The van der Waals surface area contributed by atoms with E-state index in [9.17, 15) is 23.3 Å². The first-order chi connectivity index (χ1) is 9.72. The molecule has 0 bridgehead atoms. The van der Waals surface area contributed by atoms with E-state index in [0.29, 0.717) is 6.42 Å². The van der Waals surface area contributed by atoms with Gasteiger partial charge in [-0.15, -0.1) is 0 Å². The van der Waals surface area contributed by atoms with Crippen LogP contribution in [0.5, 0.6) is 0 Å². The van der Waals surface area contributed by atoms with Crippen molar-refractivity contribution in [3.05, 3.63) is 34.4 Å². The molecular formula is C12H16N2O6S. The van der Waals surface area contributed by atoms with Gasteiger partial charge in [0.2, 0.25) is 10.0 Å². The molecule has 0 aromatic heterocycles. The van der Waals surface area contributed by atoms with E-state index in [0.717, 1.165) is 6.07 Å². The van der Waals surface area contributed by atoms with E-state index in [1.165, 1.54) is 18.2 Å². The van der Waals surface area contributed by atoms with Gasteiger partial charge in [0, 0.05) is 25.1 Å². The number of nitrogens with zero attached hydrogens (tertiary/aromatic N) is 1. The monoisotopic (exact) mass is 316 g/mol. The molecule has 1 atom stereocenters. The lowest BCUT2D eigenvalue weighted by atomic mass is 10.1. The van der Waals surface area contributed by atoms with Crippen LogP contribution in [0.4, 0.5) is 5.69 Å². The van der Waals surface area contributed by atoms with Crippen LogP contribution in [0.3, 0.4) is 0 Å². The van der Waals surface area contributed by atoms with Crippen molar-refractivity contribution in [2.24, 2.45) is 5.92 Å². The first-order valence-corrected chi connectivity index (χ1v) is 7.66. The van der Waals surface area contributed by atoms with Crippen molar-refractivity contribution in [3.8, 4) is 0 Å². The molecule has 0 amide bonds. The van der Waals surface area contributed by atoms with E-state index in [4.69, 9.17) is 5.11 Å². The highest BCUT2D eigenvalue weighted by molar-refractivity contribution is 7.89. The van der Waals surface area contributed by atoms with Crippen molar-refractivity contribution in [3.63, 3.8) is 0 Å². The van der Waals surface area contributed by atoms with Crippen LogP contribution in [-0.2, 0) is 14.8 Å². The zero-order valence-corrected chi connectivity index (χ0v) is 12.2. The molecule has 0 saturated heterocycles. The summed E-state index contributed by atoms with van der Waals surface area (Å²) >= 11 is 0. The third kappa shape index (κ3) is 5.48. The van der Waals surface area contributed by atoms with Crippen molar-refractivity contribution in [1.29, 1.82) is 0 Å². The Morgan fingerprint density at radius 2 is 2.14 bits per heavy atom. The average molecular weight is 316 g/mol. The van der Waals surface area contributed by atoms with Crippen LogP contribution in [0.15, 0.2) is 29.2 Å². The Bertz CT molecular complexity index is 628. The van der Waals surface area contributed by atoms with Gasteiger partial charge in [0.15, 0.2) is 0 Å². The van der Waals surface area contributed by atoms with E-state index < -0.39 is 20.9 Å². The third-order valence-corrected chi connectivity index (χ3v) is 4.23. The summed E-state index contributed by atoms with van der Waals surface area (Å²) in [5.41, 5.74) is -0.309. The minimum Gasteiger partial charge on any atom is -0.481 e. The van der Waals surface area contributed by atoms with Gasteiger partial charge in [-0.25, -0.2) is 13.1 Å². The largest absolute Gasteiger partial charge is 0.481 e. The SMILES string of the molecule is CC(CCC(=O)O)CNS(=O)(=O)c1cccc([N+](=O)[O-])c1. The summed E-state index contributed by atoms with van der Waals surface area (Å²) < 4.78 is 26.3. The quantitative estimate of drug-likeness (QED) is 0.551. The van der Waals surface area contributed by atoms with Crippen molar-refractivity contribution in [1.82, 2.24) is 4.72 Å². The summed E-state index contributed by atoms with van der Waals surface area (Å²) in [5.74, 6) is -1.10. The number of sulfonamides is 1. The predicted octanol–water partition coefficient (Wildman–Crippen LogP) is 1.37. The Morgan fingerprint density at radius 3 is 2.71 bits per heavy atom. The average Bonchev–Trinajstić information content (AvgIpc) is 2.43. The lowest BCUT2D eigenvalue weighted by Gasteiger charge is -2.11. The predicted molar refractivity (Wildman–Crippen MR) is 74.3 cm³/mol. The normalized spacial score (nSPS) is 12.8. The Hall–Kier alpha value is -2.00. The minimum atomic E-state index is -3.85. The molecule has 2 N–H and O–H groups in total. The lowest BCUT2D eigenvalue weighted by Crippen LogP contribution is -2.28. The number of carbonyl (C=O) groups is 1. The van der Waals surface area contributed by atoms with Gasteiger partial charge in [-0.3, -0.25) is 14.9 Å². The fraction of sp³-hybridized carbons (Fsp3) is 0.417. The van der Waals surface area contributed by atoms with Gasteiger partial charge in [0.05, 0.1) is 9.82 Å². The number of nitro benzene ring substituents is 1. The molecule has 0 aliphatic rings. The second kappa shape index (κ2) is 7.14. The molecule has 1 aromatic rings. The number of hydrogen-bond donors (Lipinski definition) is 2. The van der Waals surface area contributed by atoms with E-state index in [1.807, 2.05) is 0 Å². The smallest absolute Gasteiger partial charge is 0.303 e. The second-order valence-electron chi connectivity index (χ2n) is 4.64. The lowest BCUT2D eigenvalue weighted by molar-refractivity contribution is -0.385. The Balaban J connectivity index is 2.71. The van der Waals surface area contributed by atoms with Crippen LogP contribution in [0.2, 0.25) is 0 Å². The highest BCUT2D eigenvalue weighted by Gasteiger charge is 2.18. The number of nitrogens with one attached hydrogen (secondary N) is 1. The number of rotatable bonds is 8. The number of non-ortho nitro benzene ring substituents is 1. The highest BCUT2D eigenvalue weighted by Crippen LogP contribution is 2.17. The highest BCUT2D eigenvalue weighted by atomic mass is 32.2. The van der Waals surface area contributed by atoms with Gasteiger partial charge in [-0.2, -0.15) is 0 Å². The van der Waals surface area contributed by atoms with Crippen LogP contribution in [-0.4, -0.2) is 31.0 Å². The van der Waals surface area contributed by atoms with Crippen molar-refractivity contribution in [2.45, 2.75) is 24.7 Å². The molecule has 0 spiro atoms. The first kappa shape index (κ1) is 17.1. The number of carboxylic acid groups (broad SMARTS) is 1. The van der Waals surface area contributed by atoms with Crippen LogP contribution < -0.4 is 4.72 Å². The van der Waals surface area contributed by atoms with Crippen molar-refractivity contribution >= 4 is 21.7 Å². The Morgan fingerprint density at radius 1 is 1.48 bits per heavy atom. The van der Waals surface area contributed by atoms with E-state index >= 15 is 0 Å². The molecule has 0 fully saturated rings. The second-order valence-corrected chi connectivity index (χ2v) is 6.41. The topological polar surface area (TPSA) is 127 Å². The first-order valence-electron chi connectivity index (χ1n) is 6.18. The maximum atomic E-state index is 12.0. The van der Waals surface area contributed by atoms with Crippen LogP contribution in [0.1, 0.15) is 19.8 Å². The maximum Gasteiger partial charge on any atom is 0.303 e. The number of nitro groups is 1. The van der Waals surface area contributed by atoms with E-state index in [2.05, 4.69) is 4.72 Å². The van der Waals surface area contributed by atoms with Crippen molar-refractivity contribution < 1.29 is 23.2 Å². The summed E-state index contributed by atoms with van der Waals surface area (Å²) in [6, 6.07) is 4.73. The Labute approximate surface area is 122 Å². The van der Waals surface area contributed by atoms with Gasteiger partial charge in [-0.05, 0) is 18.4 Å². The summed E-state index contributed by atoms with van der Waals surface area (Å²) in [6.45, 7) is 1.79. The molecule has 21 heavy (non-hydrogen) atoms. The van der Waals surface area contributed by atoms with Crippen LogP contribution in [0.25, 0.3) is 0 Å². The summed E-state index contributed by atoms with van der Waals surface area (Å²) in [5, 5.41) is 19.2. The number of carboxylic acids is 1. The minimum absolute atomic E-state index is 0.0420. The molecule has 1 unspecified atom stereocenters. The fourth-order valence-corrected chi connectivity index (χ4v) is 2.78. The maximum absolute atomic E-state index is 12.0. The number of aliphatic carboxylic acids is 1. The van der Waals surface area contributed by atoms with E-state index in [1.54, 1.807) is 6.92 Å². The molecule has 0 radical (unpaired) electrons. The molecule has 0 saturated carbocycles. The molecule has 8 nitrogen and oxygen atoms in total. The molecule has 0 aliphatic heterocycles. The summed E-state index contributed by atoms with van der Waals surface area (Å²) in [6.07, 6.45) is 0.298. The summed E-state index contributed by atoms with van der Waals surface area (Å²) in [4.78, 5) is 20.2. The molecule has 0 heterocycles.